The Morgan fingerprint density at radius 1 is 0.600 bits per heavy atom. The van der Waals surface area contributed by atoms with Crippen molar-refractivity contribution in [3.63, 3.8) is 0 Å². The monoisotopic (exact) mass is 254 g/mol. The molecule has 0 aromatic rings. The summed E-state index contributed by atoms with van der Waals surface area (Å²) in [6.07, 6.45) is -1.25. The predicted molar refractivity (Wildman–Crippen MR) is 56.4 cm³/mol. The van der Waals surface area contributed by atoms with E-state index < -0.39 is 18.3 Å². The standard InChI is InChI=1S/3C3H7O.C2H5.Ti/c3*1-3(2)4;1-2;/h3*3H,1-2H3;1H2,2H3;/q4*-1;+4. The molecule has 92 valence electrons. The number of hydrogen-bond donors (Lipinski definition) is 0. The summed E-state index contributed by atoms with van der Waals surface area (Å²) in [5.41, 5.74) is 0. The fourth-order valence-electron chi connectivity index (χ4n) is 0. The normalized spacial score (nSPS) is 7.60. The molecule has 0 rings (SSSR count). The van der Waals surface area contributed by atoms with Crippen LogP contribution in [0.25, 0.3) is 0 Å². The van der Waals surface area contributed by atoms with Crippen molar-refractivity contribution in [3.8, 4) is 0 Å². The fourth-order valence-corrected chi connectivity index (χ4v) is 0. The quantitative estimate of drug-likeness (QED) is 0.455. The van der Waals surface area contributed by atoms with Gasteiger partial charge in [0.25, 0.3) is 0 Å². The maximum atomic E-state index is 9.53. The van der Waals surface area contributed by atoms with Crippen LogP contribution in [0.15, 0.2) is 0 Å². The molecule has 0 aromatic carbocycles. The molecule has 0 saturated carbocycles. The van der Waals surface area contributed by atoms with Gasteiger partial charge in [0.15, 0.2) is 0 Å². The summed E-state index contributed by atoms with van der Waals surface area (Å²) in [5, 5.41) is 28.6. The summed E-state index contributed by atoms with van der Waals surface area (Å²) in [5.74, 6) is 0. The van der Waals surface area contributed by atoms with Gasteiger partial charge >= 0.3 is 21.7 Å². The molecule has 0 unspecified atom stereocenters. The first kappa shape index (κ1) is 29.6. The zero-order valence-electron chi connectivity index (χ0n) is 11.2. The van der Waals surface area contributed by atoms with Crippen molar-refractivity contribution in [2.45, 2.75) is 66.8 Å². The third-order valence-corrected chi connectivity index (χ3v) is 0. The number of hydrogen-bond acceptors (Lipinski definition) is 3. The van der Waals surface area contributed by atoms with Crippen molar-refractivity contribution in [2.75, 3.05) is 0 Å². The van der Waals surface area contributed by atoms with Gasteiger partial charge in [-0.3, -0.25) is 0 Å². The molecule has 0 fully saturated rings. The molecule has 0 aliphatic carbocycles. The Balaban J connectivity index is -0.0000000298. The van der Waals surface area contributed by atoms with E-state index in [-0.39, 0.29) is 21.7 Å². The van der Waals surface area contributed by atoms with Gasteiger partial charge in [-0.2, -0.15) is 6.92 Å². The second kappa shape index (κ2) is 29.3. The Hall–Kier alpha value is 0.594. The first-order valence-corrected chi connectivity index (χ1v) is 4.88. The summed E-state index contributed by atoms with van der Waals surface area (Å²) >= 11 is 0. The topological polar surface area (TPSA) is 69.2 Å². The molecule has 0 aromatic heterocycles. The van der Waals surface area contributed by atoms with Crippen molar-refractivity contribution in [1.29, 1.82) is 0 Å². The smallest absolute Gasteiger partial charge is 0.852 e. The van der Waals surface area contributed by atoms with Gasteiger partial charge in [0, 0.05) is 0 Å². The van der Waals surface area contributed by atoms with Crippen LogP contribution in [0.2, 0.25) is 0 Å². The van der Waals surface area contributed by atoms with Gasteiger partial charge in [-0.25, -0.2) is 0 Å². The minimum atomic E-state index is -0.417. The maximum absolute atomic E-state index is 9.53. The van der Waals surface area contributed by atoms with Crippen molar-refractivity contribution in [2.24, 2.45) is 0 Å². The molecule has 0 spiro atoms. The average Bonchev–Trinajstić information content (AvgIpc) is 1.86. The van der Waals surface area contributed by atoms with E-state index in [9.17, 15) is 15.3 Å². The molecule has 0 N–H and O–H groups in total. The van der Waals surface area contributed by atoms with E-state index in [1.165, 1.54) is 0 Å². The Labute approximate surface area is 111 Å². The largest absolute Gasteiger partial charge is 4.00 e. The van der Waals surface area contributed by atoms with Gasteiger partial charge in [-0.15, -0.1) is 18.3 Å². The van der Waals surface area contributed by atoms with E-state index in [0.717, 1.165) is 0 Å². The van der Waals surface area contributed by atoms with Crippen LogP contribution >= 0.6 is 0 Å². The van der Waals surface area contributed by atoms with Crippen LogP contribution in [-0.4, -0.2) is 18.3 Å². The molecule has 0 amide bonds. The van der Waals surface area contributed by atoms with E-state index in [4.69, 9.17) is 0 Å². The second-order valence-corrected chi connectivity index (χ2v) is 3.15. The van der Waals surface area contributed by atoms with Crippen molar-refractivity contribution in [3.05, 3.63) is 6.92 Å². The van der Waals surface area contributed by atoms with Crippen molar-refractivity contribution >= 4 is 0 Å². The van der Waals surface area contributed by atoms with Crippen molar-refractivity contribution in [1.82, 2.24) is 0 Å². The van der Waals surface area contributed by atoms with E-state index in [1.807, 2.05) is 0 Å². The van der Waals surface area contributed by atoms with Crippen LogP contribution in [0.1, 0.15) is 48.5 Å². The molecule has 0 bridgehead atoms. The third-order valence-electron chi connectivity index (χ3n) is 0. The fraction of sp³-hybridized carbons (Fsp3) is 0.909. The summed E-state index contributed by atoms with van der Waals surface area (Å²) in [7, 11) is 0. The Morgan fingerprint density at radius 3 is 0.600 bits per heavy atom. The molecule has 0 saturated heterocycles. The molecule has 15 heavy (non-hydrogen) atoms. The molecule has 4 heteroatoms. The summed E-state index contributed by atoms with van der Waals surface area (Å²) < 4.78 is 0. The zero-order valence-corrected chi connectivity index (χ0v) is 12.7. The SMILES string of the molecule is CC(C)[O-].CC(C)[O-].CC(C)[O-].[CH2-]C.[Ti+4]. The Morgan fingerprint density at radius 2 is 0.600 bits per heavy atom. The summed E-state index contributed by atoms with van der Waals surface area (Å²) in [4.78, 5) is 0. The number of rotatable bonds is 0. The summed E-state index contributed by atoms with van der Waals surface area (Å²) in [6.45, 7) is 14.7. The van der Waals surface area contributed by atoms with Gasteiger partial charge in [0.2, 0.25) is 0 Å². The molecular formula is C11H26O3Ti. The molecule has 3 nitrogen and oxygen atoms in total. The van der Waals surface area contributed by atoms with Crippen LogP contribution in [-0.2, 0) is 21.7 Å². The maximum Gasteiger partial charge on any atom is 4.00 e. The van der Waals surface area contributed by atoms with Gasteiger partial charge in [0.05, 0.1) is 0 Å². The van der Waals surface area contributed by atoms with Gasteiger partial charge in [-0.05, 0) is 0 Å². The summed E-state index contributed by atoms with van der Waals surface area (Å²) in [6, 6.07) is 0. The minimum Gasteiger partial charge on any atom is -0.852 e. The van der Waals surface area contributed by atoms with Gasteiger partial charge in [0.1, 0.15) is 0 Å². The first-order chi connectivity index (χ1) is 6.20. The average molecular weight is 254 g/mol. The molecular weight excluding hydrogens is 228 g/mol. The van der Waals surface area contributed by atoms with Gasteiger partial charge in [-0.1, -0.05) is 41.5 Å². The first-order valence-electron chi connectivity index (χ1n) is 4.88. The van der Waals surface area contributed by atoms with E-state index in [0.29, 0.717) is 0 Å². The van der Waals surface area contributed by atoms with E-state index in [1.54, 1.807) is 48.5 Å². The van der Waals surface area contributed by atoms with Crippen LogP contribution in [0.5, 0.6) is 0 Å². The third kappa shape index (κ3) is 6550. The molecule has 0 aliphatic heterocycles. The van der Waals surface area contributed by atoms with Crippen LogP contribution in [0, 0.1) is 6.92 Å². The molecule has 0 heterocycles. The van der Waals surface area contributed by atoms with Crippen molar-refractivity contribution < 1.29 is 37.0 Å². The Bertz CT molecular complexity index is 44.3. The predicted octanol–water partition coefficient (Wildman–Crippen LogP) is 0.103. The van der Waals surface area contributed by atoms with Crippen LogP contribution in [0.3, 0.4) is 0 Å². The van der Waals surface area contributed by atoms with E-state index in [2.05, 4.69) is 6.92 Å². The van der Waals surface area contributed by atoms with Gasteiger partial charge < -0.3 is 22.2 Å². The molecule has 0 radical (unpaired) electrons. The Kier molecular flexibility index (Phi) is 57.8. The second-order valence-electron chi connectivity index (χ2n) is 3.15. The van der Waals surface area contributed by atoms with Crippen LogP contribution < -0.4 is 15.3 Å². The molecule has 0 aliphatic rings. The van der Waals surface area contributed by atoms with E-state index >= 15 is 0 Å². The van der Waals surface area contributed by atoms with Crippen LogP contribution in [0.4, 0.5) is 0 Å². The zero-order chi connectivity index (χ0) is 12.7. The minimum absolute atomic E-state index is 0. The molecule has 0 atom stereocenters.